The van der Waals surface area contributed by atoms with Crippen LogP contribution in [0.5, 0.6) is 5.75 Å². The largest absolute Gasteiger partial charge is 0.508 e. The van der Waals surface area contributed by atoms with Crippen LogP contribution in [-0.4, -0.2) is 127 Å². The first-order valence-corrected chi connectivity index (χ1v) is 15.9. The van der Waals surface area contributed by atoms with Crippen LogP contribution >= 0.6 is 0 Å². The lowest BCUT2D eigenvalue weighted by Crippen LogP contribution is -2.65. The minimum Gasteiger partial charge on any atom is -0.508 e. The van der Waals surface area contributed by atoms with Crippen LogP contribution < -0.4 is 10.6 Å². The third-order valence-corrected chi connectivity index (χ3v) is 9.21. The van der Waals surface area contributed by atoms with E-state index in [1.54, 1.807) is 25.1 Å². The fraction of sp³-hybridized carbons (Fsp3) is 0.559. The number of benzene rings is 1. The molecule has 16 heteroatoms. The van der Waals surface area contributed by atoms with E-state index in [1.807, 2.05) is 20.8 Å². The van der Waals surface area contributed by atoms with Gasteiger partial charge in [0, 0.05) is 50.5 Å². The van der Waals surface area contributed by atoms with Crippen molar-refractivity contribution in [1.29, 1.82) is 0 Å². The zero-order valence-electron chi connectivity index (χ0n) is 29.5. The molecule has 0 radical (unpaired) electrons. The molecule has 0 aliphatic heterocycles. The highest BCUT2D eigenvalue weighted by Crippen LogP contribution is 2.54. The van der Waals surface area contributed by atoms with Crippen molar-refractivity contribution in [2.75, 3.05) is 60.1 Å². The maximum atomic E-state index is 14.3. The van der Waals surface area contributed by atoms with E-state index in [0.29, 0.717) is 11.3 Å². The molecule has 1 aromatic carbocycles. The fourth-order valence-electron chi connectivity index (χ4n) is 7.23. The molecule has 1 aromatic rings. The van der Waals surface area contributed by atoms with Gasteiger partial charge in [-0.1, -0.05) is 20.8 Å². The number of phenolic OH excluding ortho intramolecular Hbond substituents is 1. The van der Waals surface area contributed by atoms with E-state index < -0.39 is 88.1 Å². The molecule has 50 heavy (non-hydrogen) atoms. The number of methoxy groups -OCH3 is 1. The molecule has 3 aliphatic rings. The van der Waals surface area contributed by atoms with Gasteiger partial charge in [-0.3, -0.25) is 19.3 Å². The highest BCUT2D eigenvalue weighted by atomic mass is 16.7. The van der Waals surface area contributed by atoms with Gasteiger partial charge in [0.05, 0.1) is 18.2 Å². The van der Waals surface area contributed by atoms with Gasteiger partial charge >= 0.3 is 12.1 Å². The summed E-state index contributed by atoms with van der Waals surface area (Å²) in [5.41, 5.74) is 2.07. The van der Waals surface area contributed by atoms with Crippen molar-refractivity contribution in [1.82, 2.24) is 9.80 Å². The molecule has 0 bridgehead atoms. The second-order valence-corrected chi connectivity index (χ2v) is 14.5. The second-order valence-electron chi connectivity index (χ2n) is 14.5. The first-order chi connectivity index (χ1) is 23.2. The molecule has 1 saturated carbocycles. The number of aliphatic hydroxyl groups is 3. The summed E-state index contributed by atoms with van der Waals surface area (Å²) in [5.74, 6) is -8.27. The number of carbonyl (C=O) groups is 5. The predicted molar refractivity (Wildman–Crippen MR) is 178 cm³/mol. The molecule has 2 amide bonds. The SMILES string of the molecule is COCC(=O)OCOC(=O)N(Cc1cc(N(C)C)c2c(c1O)C(O)=C1C(=O)[C@]3(O)C(O)=C(C(N)=O)C(=O)[C@@H](N(C)C)[C@@H]3C[C@@H]1C2)CC(C)(C)C. The quantitative estimate of drug-likeness (QED) is 0.131. The van der Waals surface area contributed by atoms with E-state index in [-0.39, 0.29) is 49.2 Å². The number of nitrogens with zero attached hydrogens (tertiary/aromatic N) is 3. The Balaban J connectivity index is 1.83. The Morgan fingerprint density at radius 2 is 1.70 bits per heavy atom. The number of esters is 1. The van der Waals surface area contributed by atoms with E-state index >= 15 is 0 Å². The van der Waals surface area contributed by atoms with Gasteiger partial charge in [-0.15, -0.1) is 0 Å². The number of likely N-dealkylation sites (N-methyl/N-ethyl adjacent to an activating group) is 1. The average molecular weight is 703 g/mol. The Labute approximate surface area is 289 Å². The van der Waals surface area contributed by atoms with E-state index in [0.717, 1.165) is 0 Å². The minimum atomic E-state index is -2.78. The van der Waals surface area contributed by atoms with Gasteiger partial charge in [-0.05, 0) is 49.9 Å². The number of ketones is 2. The molecule has 1 fully saturated rings. The van der Waals surface area contributed by atoms with Crippen LogP contribution in [0.1, 0.15) is 43.9 Å². The van der Waals surface area contributed by atoms with Gasteiger partial charge in [0.1, 0.15) is 29.4 Å². The van der Waals surface area contributed by atoms with Gasteiger partial charge in [-0.25, -0.2) is 9.59 Å². The minimum absolute atomic E-state index is 0.0543. The van der Waals surface area contributed by atoms with Gasteiger partial charge in [0.2, 0.25) is 12.6 Å². The lowest BCUT2D eigenvalue weighted by atomic mass is 9.57. The first kappa shape index (κ1) is 38.1. The molecule has 4 atom stereocenters. The monoisotopic (exact) mass is 702 g/mol. The lowest BCUT2D eigenvalue weighted by molar-refractivity contribution is -0.157. The Morgan fingerprint density at radius 3 is 2.24 bits per heavy atom. The molecule has 0 spiro atoms. The number of Topliss-reactive ketones (excluding diaryl/α,β-unsaturated/α-hetero) is 2. The molecular formula is C34H46N4O12. The molecule has 274 valence electrons. The van der Waals surface area contributed by atoms with Crippen molar-refractivity contribution >= 4 is 41.0 Å². The van der Waals surface area contributed by atoms with E-state index in [1.165, 1.54) is 31.0 Å². The summed E-state index contributed by atoms with van der Waals surface area (Å²) in [4.78, 5) is 69.3. The van der Waals surface area contributed by atoms with Crippen molar-refractivity contribution < 1.29 is 58.6 Å². The molecule has 4 rings (SSSR count). The molecular weight excluding hydrogens is 656 g/mol. The summed E-state index contributed by atoms with van der Waals surface area (Å²) in [6.07, 6.45) is -0.820. The number of ether oxygens (including phenoxy) is 3. The first-order valence-electron chi connectivity index (χ1n) is 15.9. The van der Waals surface area contributed by atoms with Crippen molar-refractivity contribution in [3.8, 4) is 5.75 Å². The number of aliphatic hydroxyl groups excluding tert-OH is 2. The second kappa shape index (κ2) is 13.9. The van der Waals surface area contributed by atoms with E-state index in [4.69, 9.17) is 19.9 Å². The van der Waals surface area contributed by atoms with E-state index in [9.17, 15) is 44.4 Å². The van der Waals surface area contributed by atoms with Gasteiger partial charge < -0.3 is 50.2 Å². The summed E-state index contributed by atoms with van der Waals surface area (Å²) in [7, 11) is 7.85. The highest BCUT2D eigenvalue weighted by Gasteiger charge is 2.64. The van der Waals surface area contributed by atoms with Gasteiger partial charge in [-0.2, -0.15) is 0 Å². The summed E-state index contributed by atoms with van der Waals surface area (Å²) < 4.78 is 14.7. The van der Waals surface area contributed by atoms with Crippen LogP contribution in [-0.2, 0) is 46.4 Å². The molecule has 3 aliphatic carbocycles. The third kappa shape index (κ3) is 6.74. The summed E-state index contributed by atoms with van der Waals surface area (Å²) in [6.45, 7) is 4.51. The van der Waals surface area contributed by atoms with Crippen LogP contribution in [0.25, 0.3) is 5.76 Å². The lowest BCUT2D eigenvalue weighted by Gasteiger charge is -2.50. The van der Waals surface area contributed by atoms with E-state index in [2.05, 4.69) is 0 Å². The zero-order chi connectivity index (χ0) is 37.6. The average Bonchev–Trinajstić information content (AvgIpc) is 2.98. The molecule has 0 aromatic heterocycles. The third-order valence-electron chi connectivity index (χ3n) is 9.21. The van der Waals surface area contributed by atoms with Crippen LogP contribution in [0, 0.1) is 17.3 Å². The number of rotatable bonds is 10. The fourth-order valence-corrected chi connectivity index (χ4v) is 7.23. The number of aromatic hydroxyl groups is 1. The van der Waals surface area contributed by atoms with Crippen molar-refractivity contribution in [2.45, 2.75) is 51.8 Å². The number of anilines is 1. The number of amides is 2. The number of nitrogens with two attached hydrogens (primary N) is 1. The Morgan fingerprint density at radius 1 is 1.06 bits per heavy atom. The number of phenols is 1. The maximum absolute atomic E-state index is 14.3. The highest BCUT2D eigenvalue weighted by molar-refractivity contribution is 6.24. The predicted octanol–water partition coefficient (Wildman–Crippen LogP) is 1.16. The molecule has 0 unspecified atom stereocenters. The standard InChI is InChI=1S/C34H46N4O12/c1-33(2,3)14-38(32(46)50-15-49-21(39)13-48-8)12-17-11-20(36(4)5)18-9-16-10-19-25(37(6)7)28(42)24(31(35)45)30(44)34(19,47)29(43)22(16)27(41)23(18)26(17)40/h11,16,19,25,40-41,44,47H,9-10,12-15H2,1-8H3,(H2,35,45)/t16-,19-,25-,34-/m0/s1. The normalized spacial score (nSPS) is 23.3. The van der Waals surface area contributed by atoms with Crippen LogP contribution in [0.3, 0.4) is 0 Å². The molecule has 6 N–H and O–H groups in total. The maximum Gasteiger partial charge on any atom is 0.412 e. The number of hydrogen-bond donors (Lipinski definition) is 5. The van der Waals surface area contributed by atoms with Crippen molar-refractivity contribution in [2.24, 2.45) is 23.0 Å². The molecule has 16 nitrogen and oxygen atoms in total. The number of carbonyl (C=O) groups excluding carboxylic acids is 5. The van der Waals surface area contributed by atoms with Crippen LogP contribution in [0.2, 0.25) is 0 Å². The van der Waals surface area contributed by atoms with Crippen molar-refractivity contribution in [3.05, 3.63) is 39.7 Å². The zero-order valence-corrected chi connectivity index (χ0v) is 29.5. The van der Waals surface area contributed by atoms with Crippen molar-refractivity contribution in [3.63, 3.8) is 0 Å². The Bertz CT molecular complexity index is 1670. The Kier molecular flexibility index (Phi) is 10.6. The molecule has 0 saturated heterocycles. The summed E-state index contributed by atoms with van der Waals surface area (Å²) in [6, 6.07) is 0.448. The molecule has 0 heterocycles. The topological polar surface area (TPSA) is 230 Å². The summed E-state index contributed by atoms with van der Waals surface area (Å²) >= 11 is 0. The van der Waals surface area contributed by atoms with Crippen LogP contribution in [0.15, 0.2) is 23.0 Å². The van der Waals surface area contributed by atoms with Gasteiger partial charge in [0.25, 0.3) is 5.91 Å². The summed E-state index contributed by atoms with van der Waals surface area (Å²) in [5, 5.41) is 46.6. The smallest absolute Gasteiger partial charge is 0.412 e. The van der Waals surface area contributed by atoms with Gasteiger partial charge in [0.15, 0.2) is 11.4 Å². The van der Waals surface area contributed by atoms with Crippen LogP contribution in [0.4, 0.5) is 10.5 Å². The Hall–Kier alpha value is -4.67. The number of primary amides is 1. The number of fused-ring (bicyclic) bond motifs is 3. The number of hydrogen-bond acceptors (Lipinski definition) is 14.